The summed E-state index contributed by atoms with van der Waals surface area (Å²) in [5.74, 6) is -0.721. The van der Waals surface area contributed by atoms with E-state index < -0.39 is 40.5 Å². The molecule has 4 aliphatic heterocycles. The average Bonchev–Trinajstić information content (AvgIpc) is 3.60. The number of pyridine rings is 1. The van der Waals surface area contributed by atoms with Gasteiger partial charge in [-0.15, -0.1) is 0 Å². The standard InChI is InChI=1S/C29H31F5N6O2/c1-15-10-17(35)11-19(21(15)29(32,33)34)23-22(31)24-20-25(40-8-2-4-18(40)5-9-41-26(20)36-23)38-27(37-24)42-14-28-6-3-7-39(28)13-16(30)12-28/h10-11,16,18H,2-9,12-14,35H2,1H3/t16-,18-,28+/m1/s1. The molecular weight excluding hydrogens is 559 g/mol. The molecule has 8 nitrogen and oxygen atoms in total. The minimum atomic E-state index is -4.79. The smallest absolute Gasteiger partial charge is 0.417 e. The first-order valence-electron chi connectivity index (χ1n) is 14.3. The predicted octanol–water partition coefficient (Wildman–Crippen LogP) is 5.45. The Kier molecular flexibility index (Phi) is 6.37. The first-order valence-corrected chi connectivity index (χ1v) is 14.3. The van der Waals surface area contributed by atoms with Gasteiger partial charge in [-0.25, -0.2) is 13.8 Å². The molecule has 0 bridgehead atoms. The number of nitrogen functional groups attached to an aromatic ring is 1. The number of aromatic nitrogens is 3. The van der Waals surface area contributed by atoms with Gasteiger partial charge < -0.3 is 20.1 Å². The van der Waals surface area contributed by atoms with E-state index in [1.165, 1.54) is 13.0 Å². The van der Waals surface area contributed by atoms with Crippen molar-refractivity contribution in [3.63, 3.8) is 0 Å². The summed E-state index contributed by atoms with van der Waals surface area (Å²) in [4.78, 5) is 17.5. The van der Waals surface area contributed by atoms with Gasteiger partial charge in [0.05, 0.1) is 17.7 Å². The summed E-state index contributed by atoms with van der Waals surface area (Å²) in [5.41, 5.74) is 2.98. The van der Waals surface area contributed by atoms with Gasteiger partial charge >= 0.3 is 12.2 Å². The molecule has 0 spiro atoms. The van der Waals surface area contributed by atoms with Crippen molar-refractivity contribution in [2.45, 2.75) is 69.4 Å². The zero-order valence-electron chi connectivity index (χ0n) is 23.1. The Labute approximate surface area is 239 Å². The molecule has 0 aliphatic carbocycles. The maximum atomic E-state index is 16.5. The zero-order valence-corrected chi connectivity index (χ0v) is 23.1. The molecule has 0 amide bonds. The highest BCUT2D eigenvalue weighted by Gasteiger charge is 2.49. The number of hydrogen-bond donors (Lipinski definition) is 1. The number of ether oxygens (including phenoxy) is 2. The fourth-order valence-corrected chi connectivity index (χ4v) is 7.39. The van der Waals surface area contributed by atoms with Crippen LogP contribution >= 0.6 is 0 Å². The lowest BCUT2D eigenvalue weighted by Crippen LogP contribution is -2.43. The van der Waals surface area contributed by atoms with Gasteiger partial charge in [-0.3, -0.25) is 4.90 Å². The summed E-state index contributed by atoms with van der Waals surface area (Å²) in [6.45, 7) is 3.41. The van der Waals surface area contributed by atoms with Crippen molar-refractivity contribution in [3.05, 3.63) is 29.1 Å². The summed E-state index contributed by atoms with van der Waals surface area (Å²) in [5, 5.41) is 0.190. The summed E-state index contributed by atoms with van der Waals surface area (Å²) >= 11 is 0. The second-order valence-corrected chi connectivity index (χ2v) is 11.9. The van der Waals surface area contributed by atoms with Gasteiger partial charge in [-0.1, -0.05) is 0 Å². The van der Waals surface area contributed by atoms with Gasteiger partial charge in [-0.05, 0) is 56.8 Å². The van der Waals surface area contributed by atoms with Gasteiger partial charge in [0, 0.05) is 43.2 Å². The van der Waals surface area contributed by atoms with Crippen LogP contribution in [0.3, 0.4) is 0 Å². The predicted molar refractivity (Wildman–Crippen MR) is 146 cm³/mol. The molecule has 1 aromatic carbocycles. The van der Waals surface area contributed by atoms with Crippen molar-refractivity contribution < 1.29 is 31.4 Å². The second-order valence-electron chi connectivity index (χ2n) is 11.9. The second kappa shape index (κ2) is 9.78. The third-order valence-electron chi connectivity index (χ3n) is 9.18. The number of nitrogens with two attached hydrogens (primary N) is 1. The van der Waals surface area contributed by atoms with E-state index in [0.717, 1.165) is 38.3 Å². The first-order chi connectivity index (χ1) is 20.0. The van der Waals surface area contributed by atoms with Crippen molar-refractivity contribution in [1.82, 2.24) is 19.9 Å². The van der Waals surface area contributed by atoms with Crippen LogP contribution in [0.2, 0.25) is 0 Å². The fourth-order valence-electron chi connectivity index (χ4n) is 7.39. The van der Waals surface area contributed by atoms with Crippen LogP contribution in [0.15, 0.2) is 12.1 Å². The van der Waals surface area contributed by atoms with Crippen molar-refractivity contribution in [2.75, 3.05) is 43.5 Å². The fraction of sp³-hybridized carbons (Fsp3) is 0.552. The number of hydrogen-bond acceptors (Lipinski definition) is 8. The molecule has 3 aromatic rings. The van der Waals surface area contributed by atoms with E-state index in [9.17, 15) is 17.6 Å². The summed E-state index contributed by atoms with van der Waals surface area (Å²) in [6, 6.07) is 2.23. The van der Waals surface area contributed by atoms with Crippen LogP contribution in [0.5, 0.6) is 11.9 Å². The lowest BCUT2D eigenvalue weighted by atomic mass is 9.95. The molecule has 13 heteroatoms. The van der Waals surface area contributed by atoms with Crippen molar-refractivity contribution in [1.29, 1.82) is 0 Å². The molecule has 6 heterocycles. The van der Waals surface area contributed by atoms with Gasteiger partial charge in [0.1, 0.15) is 35.2 Å². The zero-order chi connectivity index (χ0) is 29.4. The Bertz CT molecular complexity index is 1570. The van der Waals surface area contributed by atoms with Crippen molar-refractivity contribution in [3.8, 4) is 23.1 Å². The van der Waals surface area contributed by atoms with Crippen LogP contribution < -0.4 is 20.1 Å². The van der Waals surface area contributed by atoms with Crippen LogP contribution in [-0.4, -0.2) is 70.5 Å². The summed E-state index contributed by atoms with van der Waals surface area (Å²) < 4.78 is 85.7. The van der Waals surface area contributed by atoms with Crippen LogP contribution in [0.25, 0.3) is 22.2 Å². The molecule has 2 aromatic heterocycles. The third-order valence-corrected chi connectivity index (χ3v) is 9.18. The number of aryl methyl sites for hydroxylation is 1. The Morgan fingerprint density at radius 2 is 1.98 bits per heavy atom. The summed E-state index contributed by atoms with van der Waals surface area (Å²) in [7, 11) is 0. The number of fused-ring (bicyclic) bond motifs is 3. The number of rotatable bonds is 4. The molecule has 0 unspecified atom stereocenters. The highest BCUT2D eigenvalue weighted by Crippen LogP contribution is 2.46. The van der Waals surface area contributed by atoms with Crippen molar-refractivity contribution >= 4 is 22.4 Å². The molecule has 224 valence electrons. The number of anilines is 2. The van der Waals surface area contributed by atoms with E-state index in [1.54, 1.807) is 0 Å². The lowest BCUT2D eigenvalue weighted by molar-refractivity contribution is -0.137. The van der Waals surface area contributed by atoms with E-state index in [0.29, 0.717) is 31.7 Å². The Balaban J connectivity index is 1.41. The van der Waals surface area contributed by atoms with E-state index in [2.05, 4.69) is 24.8 Å². The normalized spacial score (nSPS) is 25.7. The van der Waals surface area contributed by atoms with E-state index >= 15 is 4.39 Å². The van der Waals surface area contributed by atoms with E-state index in [1.807, 2.05) is 0 Å². The topological polar surface area (TPSA) is 89.6 Å². The van der Waals surface area contributed by atoms with Gasteiger partial charge in [0.25, 0.3) is 0 Å². The molecule has 2 N–H and O–H groups in total. The molecule has 3 saturated heterocycles. The maximum absolute atomic E-state index is 16.5. The molecular formula is C29H31F5N6O2. The lowest BCUT2D eigenvalue weighted by Gasteiger charge is -2.32. The molecule has 0 saturated carbocycles. The monoisotopic (exact) mass is 590 g/mol. The van der Waals surface area contributed by atoms with E-state index in [4.69, 9.17) is 15.2 Å². The summed E-state index contributed by atoms with van der Waals surface area (Å²) in [6.07, 6.45) is -1.32. The van der Waals surface area contributed by atoms with Gasteiger partial charge in [0.15, 0.2) is 5.82 Å². The van der Waals surface area contributed by atoms with Crippen LogP contribution in [0.1, 0.15) is 49.7 Å². The quantitative estimate of drug-likeness (QED) is 0.317. The van der Waals surface area contributed by atoms with Gasteiger partial charge in [0.2, 0.25) is 5.88 Å². The Morgan fingerprint density at radius 1 is 1.14 bits per heavy atom. The molecule has 3 fully saturated rings. The third kappa shape index (κ3) is 4.38. The number of nitrogens with zero attached hydrogens (tertiary/aromatic N) is 5. The highest BCUT2D eigenvalue weighted by atomic mass is 19.4. The molecule has 7 rings (SSSR count). The molecule has 4 aliphatic rings. The highest BCUT2D eigenvalue weighted by molar-refractivity contribution is 5.97. The van der Waals surface area contributed by atoms with Crippen molar-refractivity contribution in [2.24, 2.45) is 0 Å². The minimum Gasteiger partial charge on any atom is -0.477 e. The number of alkyl halides is 4. The largest absolute Gasteiger partial charge is 0.477 e. The maximum Gasteiger partial charge on any atom is 0.417 e. The minimum absolute atomic E-state index is 0.0378. The van der Waals surface area contributed by atoms with Crippen LogP contribution in [0.4, 0.5) is 33.5 Å². The SMILES string of the molecule is Cc1cc(N)cc(-c2nc3c4c(nc(OC[C@@]56CCCN5C[C@H](F)C6)nc4c2F)N2CCC[C@@H]2CCO3)c1C(F)(F)F. The Morgan fingerprint density at radius 3 is 2.79 bits per heavy atom. The molecule has 0 radical (unpaired) electrons. The number of halogens is 5. The molecule has 3 atom stereocenters. The van der Waals surface area contributed by atoms with Crippen LogP contribution in [0, 0.1) is 12.7 Å². The van der Waals surface area contributed by atoms with Gasteiger partial charge in [-0.2, -0.15) is 23.1 Å². The average molecular weight is 591 g/mol. The molecule has 42 heavy (non-hydrogen) atoms. The van der Waals surface area contributed by atoms with Crippen LogP contribution in [-0.2, 0) is 6.18 Å². The Hall–Kier alpha value is -3.48. The number of benzene rings is 1. The van der Waals surface area contributed by atoms with E-state index in [-0.39, 0.29) is 53.3 Å². The first kappa shape index (κ1) is 27.4.